The molecular weight excluding hydrogens is 294 g/mol. The summed E-state index contributed by atoms with van der Waals surface area (Å²) >= 11 is 0. The van der Waals surface area contributed by atoms with Gasteiger partial charge in [0.25, 0.3) is 0 Å². The summed E-state index contributed by atoms with van der Waals surface area (Å²) < 4.78 is 10.6. The number of nitrogens with one attached hydrogen (secondary N) is 2. The summed E-state index contributed by atoms with van der Waals surface area (Å²) in [5, 5.41) is 6.10. The SMILES string of the molecule is O=C(NCc1ccc2c(c1)OCO2)NC1CCN2CCCCC12. The first-order valence-electron chi connectivity index (χ1n) is 8.46. The van der Waals surface area contributed by atoms with Crippen LogP contribution < -0.4 is 20.1 Å². The van der Waals surface area contributed by atoms with Crippen LogP contribution in [0, 0.1) is 0 Å². The van der Waals surface area contributed by atoms with Gasteiger partial charge in [-0.15, -0.1) is 0 Å². The molecule has 0 saturated carbocycles. The highest BCUT2D eigenvalue weighted by molar-refractivity contribution is 5.74. The number of rotatable bonds is 3. The van der Waals surface area contributed by atoms with Crippen LogP contribution in [-0.4, -0.2) is 42.9 Å². The van der Waals surface area contributed by atoms with E-state index in [4.69, 9.17) is 9.47 Å². The van der Waals surface area contributed by atoms with E-state index in [9.17, 15) is 4.79 Å². The highest BCUT2D eigenvalue weighted by atomic mass is 16.7. The number of urea groups is 1. The summed E-state index contributed by atoms with van der Waals surface area (Å²) in [6.07, 6.45) is 4.83. The standard InChI is InChI=1S/C17H23N3O3/c21-17(19-13-6-8-20-7-2-1-3-14(13)20)18-10-12-4-5-15-16(9-12)23-11-22-15/h4-5,9,13-14H,1-3,6-8,10-11H2,(H2,18,19,21). The number of hydrogen-bond donors (Lipinski definition) is 2. The molecule has 3 aliphatic rings. The number of benzene rings is 1. The monoisotopic (exact) mass is 317 g/mol. The van der Waals surface area contributed by atoms with Crippen molar-refractivity contribution in [3.8, 4) is 11.5 Å². The Morgan fingerprint density at radius 2 is 2.09 bits per heavy atom. The van der Waals surface area contributed by atoms with Crippen LogP contribution in [0.4, 0.5) is 4.79 Å². The Balaban J connectivity index is 1.29. The Kier molecular flexibility index (Phi) is 3.99. The number of ether oxygens (including phenoxy) is 2. The van der Waals surface area contributed by atoms with Gasteiger partial charge in [-0.05, 0) is 43.5 Å². The maximum absolute atomic E-state index is 12.2. The molecule has 124 valence electrons. The van der Waals surface area contributed by atoms with Crippen molar-refractivity contribution >= 4 is 6.03 Å². The normalized spacial score (nSPS) is 25.9. The highest BCUT2D eigenvalue weighted by Gasteiger charge is 2.36. The van der Waals surface area contributed by atoms with Gasteiger partial charge in [0, 0.05) is 25.2 Å². The zero-order valence-electron chi connectivity index (χ0n) is 13.2. The van der Waals surface area contributed by atoms with Crippen molar-refractivity contribution in [3.05, 3.63) is 23.8 Å². The van der Waals surface area contributed by atoms with Crippen LogP contribution in [0.1, 0.15) is 31.2 Å². The summed E-state index contributed by atoms with van der Waals surface area (Å²) in [6.45, 7) is 3.05. The Hall–Kier alpha value is -1.95. The second-order valence-corrected chi connectivity index (χ2v) is 6.51. The summed E-state index contributed by atoms with van der Waals surface area (Å²) in [7, 11) is 0. The van der Waals surface area contributed by atoms with Crippen molar-refractivity contribution in [1.82, 2.24) is 15.5 Å². The maximum atomic E-state index is 12.2. The molecule has 2 amide bonds. The summed E-state index contributed by atoms with van der Waals surface area (Å²) in [5.41, 5.74) is 1.01. The Morgan fingerprint density at radius 1 is 1.17 bits per heavy atom. The van der Waals surface area contributed by atoms with Crippen LogP contribution in [0.25, 0.3) is 0 Å². The lowest BCUT2D eigenvalue weighted by molar-refractivity contribution is 0.174. The Labute approximate surface area is 136 Å². The molecule has 6 heteroatoms. The molecule has 0 spiro atoms. The van der Waals surface area contributed by atoms with Gasteiger partial charge >= 0.3 is 6.03 Å². The first kappa shape index (κ1) is 14.6. The zero-order valence-corrected chi connectivity index (χ0v) is 13.2. The summed E-state index contributed by atoms with van der Waals surface area (Å²) in [5.74, 6) is 1.51. The predicted octanol–water partition coefficient (Wildman–Crippen LogP) is 1.84. The lowest BCUT2D eigenvalue weighted by Gasteiger charge is -2.32. The fourth-order valence-corrected chi connectivity index (χ4v) is 3.87. The van der Waals surface area contributed by atoms with Crippen LogP contribution >= 0.6 is 0 Å². The topological polar surface area (TPSA) is 62.8 Å². The van der Waals surface area contributed by atoms with Crippen LogP contribution in [-0.2, 0) is 6.54 Å². The number of piperidine rings is 1. The molecule has 2 N–H and O–H groups in total. The minimum absolute atomic E-state index is 0.0832. The lowest BCUT2D eigenvalue weighted by Crippen LogP contribution is -2.49. The molecule has 0 bridgehead atoms. The van der Waals surface area contributed by atoms with Crippen molar-refractivity contribution in [1.29, 1.82) is 0 Å². The molecule has 1 aromatic carbocycles. The molecule has 0 aliphatic carbocycles. The number of amides is 2. The zero-order chi connectivity index (χ0) is 15.6. The van der Waals surface area contributed by atoms with Gasteiger partial charge in [0.2, 0.25) is 6.79 Å². The van der Waals surface area contributed by atoms with Crippen LogP contribution in [0.15, 0.2) is 18.2 Å². The minimum atomic E-state index is -0.0832. The quantitative estimate of drug-likeness (QED) is 0.893. The van der Waals surface area contributed by atoms with Crippen molar-refractivity contribution in [2.45, 2.75) is 44.3 Å². The molecule has 3 heterocycles. The largest absolute Gasteiger partial charge is 0.454 e. The predicted molar refractivity (Wildman–Crippen MR) is 85.6 cm³/mol. The van der Waals surface area contributed by atoms with Crippen molar-refractivity contribution in [2.24, 2.45) is 0 Å². The van der Waals surface area contributed by atoms with Gasteiger partial charge in [-0.25, -0.2) is 4.79 Å². The number of hydrogen-bond acceptors (Lipinski definition) is 4. The molecular formula is C17H23N3O3. The van der Waals surface area contributed by atoms with E-state index in [-0.39, 0.29) is 18.9 Å². The first-order valence-corrected chi connectivity index (χ1v) is 8.46. The van der Waals surface area contributed by atoms with E-state index in [1.807, 2.05) is 18.2 Å². The molecule has 2 fully saturated rings. The van der Waals surface area contributed by atoms with Gasteiger partial charge in [0.05, 0.1) is 0 Å². The van der Waals surface area contributed by atoms with E-state index in [0.29, 0.717) is 12.6 Å². The van der Waals surface area contributed by atoms with E-state index in [1.54, 1.807) is 0 Å². The molecule has 2 atom stereocenters. The molecule has 2 unspecified atom stereocenters. The summed E-state index contributed by atoms with van der Waals surface area (Å²) in [4.78, 5) is 14.7. The molecule has 23 heavy (non-hydrogen) atoms. The van der Waals surface area contributed by atoms with Crippen LogP contribution in [0.3, 0.4) is 0 Å². The van der Waals surface area contributed by atoms with E-state index >= 15 is 0 Å². The van der Waals surface area contributed by atoms with E-state index < -0.39 is 0 Å². The van der Waals surface area contributed by atoms with Gasteiger partial charge in [-0.2, -0.15) is 0 Å². The first-order chi connectivity index (χ1) is 11.3. The van der Waals surface area contributed by atoms with Crippen molar-refractivity contribution in [3.63, 3.8) is 0 Å². The van der Waals surface area contributed by atoms with E-state index in [0.717, 1.165) is 30.0 Å². The van der Waals surface area contributed by atoms with Gasteiger partial charge < -0.3 is 20.1 Å². The number of fused-ring (bicyclic) bond motifs is 2. The third-order valence-electron chi connectivity index (χ3n) is 5.06. The second-order valence-electron chi connectivity index (χ2n) is 6.51. The molecule has 0 aromatic heterocycles. The van der Waals surface area contributed by atoms with E-state index in [1.165, 1.54) is 25.8 Å². The lowest BCUT2D eigenvalue weighted by atomic mass is 9.99. The maximum Gasteiger partial charge on any atom is 0.315 e. The average Bonchev–Trinajstić information content (AvgIpc) is 3.20. The third-order valence-corrected chi connectivity index (χ3v) is 5.06. The number of nitrogens with zero attached hydrogens (tertiary/aromatic N) is 1. The smallest absolute Gasteiger partial charge is 0.315 e. The summed E-state index contributed by atoms with van der Waals surface area (Å²) in [6, 6.07) is 6.48. The molecule has 1 aromatic rings. The number of carbonyl (C=O) groups excluding carboxylic acids is 1. The van der Waals surface area contributed by atoms with Crippen LogP contribution in [0.5, 0.6) is 11.5 Å². The molecule has 4 rings (SSSR count). The average molecular weight is 317 g/mol. The fraction of sp³-hybridized carbons (Fsp3) is 0.588. The Morgan fingerprint density at radius 3 is 3.04 bits per heavy atom. The van der Waals surface area contributed by atoms with Crippen molar-refractivity contribution < 1.29 is 14.3 Å². The van der Waals surface area contributed by atoms with Gasteiger partial charge in [-0.3, -0.25) is 4.90 Å². The highest BCUT2D eigenvalue weighted by Crippen LogP contribution is 2.32. The van der Waals surface area contributed by atoms with Gasteiger partial charge in [0.1, 0.15) is 0 Å². The molecule has 6 nitrogen and oxygen atoms in total. The molecule has 3 aliphatic heterocycles. The molecule has 0 radical (unpaired) electrons. The third kappa shape index (κ3) is 3.08. The van der Waals surface area contributed by atoms with E-state index in [2.05, 4.69) is 15.5 Å². The molecule has 2 saturated heterocycles. The fourth-order valence-electron chi connectivity index (χ4n) is 3.87. The van der Waals surface area contributed by atoms with Crippen molar-refractivity contribution in [2.75, 3.05) is 19.9 Å². The minimum Gasteiger partial charge on any atom is -0.454 e. The van der Waals surface area contributed by atoms with Gasteiger partial charge in [-0.1, -0.05) is 12.5 Å². The Bertz CT molecular complexity index is 592. The van der Waals surface area contributed by atoms with Crippen LogP contribution in [0.2, 0.25) is 0 Å². The second kappa shape index (κ2) is 6.28. The van der Waals surface area contributed by atoms with Gasteiger partial charge in [0.15, 0.2) is 11.5 Å². The number of carbonyl (C=O) groups is 1.